The summed E-state index contributed by atoms with van der Waals surface area (Å²) in [6.07, 6.45) is 3.04. The minimum absolute atomic E-state index is 0.235. The largest absolute Gasteiger partial charge is 0.345 e. The van der Waals surface area contributed by atoms with Gasteiger partial charge < -0.3 is 10.7 Å². The monoisotopic (exact) mass is 368 g/mol. The zero-order valence-electron chi connectivity index (χ0n) is 15.4. The van der Waals surface area contributed by atoms with Gasteiger partial charge in [0.15, 0.2) is 0 Å². The molecule has 0 fully saturated rings. The van der Waals surface area contributed by atoms with Gasteiger partial charge in [-0.05, 0) is 44.5 Å². The summed E-state index contributed by atoms with van der Waals surface area (Å²) in [5.74, 6) is -0.714. The van der Waals surface area contributed by atoms with Crippen LogP contribution < -0.4 is 16.3 Å². The second-order valence-corrected chi connectivity index (χ2v) is 6.28. The van der Waals surface area contributed by atoms with Crippen molar-refractivity contribution in [2.45, 2.75) is 26.8 Å². The Labute approximate surface area is 156 Å². The van der Waals surface area contributed by atoms with E-state index in [1.807, 2.05) is 6.92 Å². The second kappa shape index (κ2) is 7.57. The van der Waals surface area contributed by atoms with Crippen LogP contribution in [0.2, 0.25) is 0 Å². The molecule has 27 heavy (non-hydrogen) atoms. The number of hydrogen-bond acceptors (Lipinski definition) is 4. The lowest BCUT2D eigenvalue weighted by Gasteiger charge is -2.19. The topological polar surface area (TPSA) is 76.0 Å². The summed E-state index contributed by atoms with van der Waals surface area (Å²) in [4.78, 5) is 29.8. The van der Waals surface area contributed by atoms with Gasteiger partial charge in [0.05, 0.1) is 22.7 Å². The Balaban J connectivity index is 2.07. The van der Waals surface area contributed by atoms with Crippen molar-refractivity contribution in [1.29, 1.82) is 0 Å². The summed E-state index contributed by atoms with van der Waals surface area (Å²) in [7, 11) is 0. The number of carbonyl (C=O) groups excluding carboxylic acids is 1. The lowest BCUT2D eigenvalue weighted by molar-refractivity contribution is 0.0940. The smallest absolute Gasteiger partial charge is 0.277 e. The maximum atomic E-state index is 13.5. The molecule has 1 atom stereocenters. The molecule has 1 amide bonds. The van der Waals surface area contributed by atoms with E-state index < -0.39 is 6.04 Å². The van der Waals surface area contributed by atoms with Crippen LogP contribution in [-0.2, 0) is 0 Å². The van der Waals surface area contributed by atoms with Gasteiger partial charge in [-0.1, -0.05) is 12.1 Å². The summed E-state index contributed by atoms with van der Waals surface area (Å²) < 4.78 is 14.9. The highest BCUT2D eigenvalue weighted by Gasteiger charge is 2.21. The summed E-state index contributed by atoms with van der Waals surface area (Å²) in [5.41, 5.74) is 4.25. The van der Waals surface area contributed by atoms with E-state index >= 15 is 0 Å². The quantitative estimate of drug-likeness (QED) is 0.726. The van der Waals surface area contributed by atoms with Gasteiger partial charge in [-0.25, -0.2) is 9.07 Å². The van der Waals surface area contributed by atoms with Gasteiger partial charge in [0, 0.05) is 24.3 Å². The number of amides is 1. The number of rotatable bonds is 5. The summed E-state index contributed by atoms with van der Waals surface area (Å²) in [6, 6.07) is 7.28. The van der Waals surface area contributed by atoms with E-state index in [9.17, 15) is 14.0 Å². The number of nitrogens with zero attached hydrogens (tertiary/aromatic N) is 2. The van der Waals surface area contributed by atoms with Gasteiger partial charge >= 0.3 is 0 Å². The minimum Gasteiger partial charge on any atom is -0.345 e. The predicted octanol–water partition coefficient (Wildman–Crippen LogP) is 2.90. The maximum absolute atomic E-state index is 13.5. The highest BCUT2D eigenvalue weighted by molar-refractivity contribution is 6.07. The molecule has 140 valence electrons. The molecule has 0 saturated heterocycles. The van der Waals surface area contributed by atoms with Crippen molar-refractivity contribution in [2.24, 2.45) is 0 Å². The van der Waals surface area contributed by atoms with Gasteiger partial charge in [0.25, 0.3) is 11.5 Å². The molecule has 0 radical (unpaired) electrons. The Morgan fingerprint density at radius 2 is 2.07 bits per heavy atom. The average molecular weight is 368 g/mol. The summed E-state index contributed by atoms with van der Waals surface area (Å²) in [5, 5.41) is 3.77. The number of fused-ring (bicyclic) bond motifs is 1. The number of pyridine rings is 2. The molecule has 0 saturated carbocycles. The fourth-order valence-corrected chi connectivity index (χ4v) is 3.12. The third kappa shape index (κ3) is 3.53. The van der Waals surface area contributed by atoms with E-state index in [-0.39, 0.29) is 17.3 Å². The van der Waals surface area contributed by atoms with Gasteiger partial charge in [0.2, 0.25) is 0 Å². The highest BCUT2D eigenvalue weighted by Crippen LogP contribution is 2.20. The van der Waals surface area contributed by atoms with Crippen LogP contribution in [-0.4, -0.2) is 22.1 Å². The standard InChI is InChI=1S/C20H21FN4O2/c1-4-23-25-13(3)18(17-11-22-9-8-16(17)20(25)27)19(26)24-12(2)14-6-5-7-15(21)10-14/h5-12,23H,4H2,1-3H3,(H,24,26). The van der Waals surface area contributed by atoms with E-state index in [1.54, 1.807) is 32.0 Å². The number of halogens is 1. The van der Waals surface area contributed by atoms with Crippen LogP contribution in [0.25, 0.3) is 10.8 Å². The lowest BCUT2D eigenvalue weighted by Crippen LogP contribution is -2.35. The number of hydrogen-bond donors (Lipinski definition) is 2. The first-order valence-corrected chi connectivity index (χ1v) is 8.73. The number of nitrogens with one attached hydrogen (secondary N) is 2. The molecule has 1 aromatic carbocycles. The van der Waals surface area contributed by atoms with Crippen LogP contribution in [0.3, 0.4) is 0 Å². The predicted molar refractivity (Wildman–Crippen MR) is 103 cm³/mol. The fraction of sp³-hybridized carbons (Fsp3) is 0.250. The first-order valence-electron chi connectivity index (χ1n) is 8.73. The van der Waals surface area contributed by atoms with Gasteiger partial charge in [-0.3, -0.25) is 14.6 Å². The van der Waals surface area contributed by atoms with Crippen LogP contribution in [0.1, 0.15) is 41.5 Å². The molecule has 2 N–H and O–H groups in total. The van der Waals surface area contributed by atoms with Crippen LogP contribution in [0.15, 0.2) is 47.5 Å². The van der Waals surface area contributed by atoms with Crippen LogP contribution in [0.5, 0.6) is 0 Å². The van der Waals surface area contributed by atoms with Crippen molar-refractivity contribution in [1.82, 2.24) is 15.0 Å². The first-order chi connectivity index (χ1) is 12.9. The van der Waals surface area contributed by atoms with Gasteiger partial charge in [0.1, 0.15) is 5.82 Å². The first kappa shape index (κ1) is 18.6. The van der Waals surface area contributed by atoms with Crippen molar-refractivity contribution in [3.8, 4) is 0 Å². The van der Waals surface area contributed by atoms with Crippen molar-refractivity contribution < 1.29 is 9.18 Å². The normalized spacial score (nSPS) is 12.0. The van der Waals surface area contributed by atoms with Crippen LogP contribution >= 0.6 is 0 Å². The molecule has 3 aromatic rings. The van der Waals surface area contributed by atoms with Crippen molar-refractivity contribution >= 4 is 16.7 Å². The summed E-state index contributed by atoms with van der Waals surface area (Å²) >= 11 is 0. The molecular weight excluding hydrogens is 347 g/mol. The Kier molecular flexibility index (Phi) is 5.21. The third-order valence-electron chi connectivity index (χ3n) is 4.46. The van der Waals surface area contributed by atoms with Crippen LogP contribution in [0, 0.1) is 12.7 Å². The molecule has 0 aliphatic rings. The zero-order valence-corrected chi connectivity index (χ0v) is 15.4. The van der Waals surface area contributed by atoms with E-state index in [0.717, 1.165) is 0 Å². The Morgan fingerprint density at radius 3 is 2.78 bits per heavy atom. The molecule has 0 spiro atoms. The Morgan fingerprint density at radius 1 is 1.30 bits per heavy atom. The van der Waals surface area contributed by atoms with E-state index in [0.29, 0.717) is 34.1 Å². The van der Waals surface area contributed by atoms with Crippen molar-refractivity contribution in [2.75, 3.05) is 12.0 Å². The zero-order chi connectivity index (χ0) is 19.6. The lowest BCUT2D eigenvalue weighted by atomic mass is 10.0. The Hall–Kier alpha value is -3.22. The molecule has 2 aromatic heterocycles. The molecule has 3 rings (SSSR count). The van der Waals surface area contributed by atoms with Gasteiger partial charge in [-0.2, -0.15) is 0 Å². The number of benzene rings is 1. The molecule has 0 bridgehead atoms. The van der Waals surface area contributed by atoms with Crippen molar-refractivity contribution in [3.63, 3.8) is 0 Å². The minimum atomic E-state index is -0.404. The second-order valence-electron chi connectivity index (χ2n) is 6.28. The van der Waals surface area contributed by atoms with E-state index in [2.05, 4.69) is 15.7 Å². The molecule has 2 heterocycles. The maximum Gasteiger partial charge on any atom is 0.277 e. The van der Waals surface area contributed by atoms with E-state index in [4.69, 9.17) is 0 Å². The molecular formula is C20H21FN4O2. The third-order valence-corrected chi connectivity index (χ3v) is 4.46. The average Bonchev–Trinajstić information content (AvgIpc) is 2.65. The molecule has 7 heteroatoms. The SMILES string of the molecule is CCNn1c(C)c(C(=O)NC(C)c2cccc(F)c2)c2cnccc2c1=O. The van der Waals surface area contributed by atoms with Crippen molar-refractivity contribution in [3.05, 3.63) is 75.7 Å². The molecule has 1 unspecified atom stereocenters. The van der Waals surface area contributed by atoms with Gasteiger partial charge in [-0.15, -0.1) is 0 Å². The molecule has 0 aliphatic carbocycles. The molecule has 6 nitrogen and oxygen atoms in total. The number of carbonyl (C=O) groups is 1. The number of aromatic nitrogens is 2. The van der Waals surface area contributed by atoms with E-state index in [1.165, 1.54) is 29.2 Å². The molecule has 0 aliphatic heterocycles. The fourth-order valence-electron chi connectivity index (χ4n) is 3.12. The summed E-state index contributed by atoms with van der Waals surface area (Å²) in [6.45, 7) is 5.88. The Bertz CT molecular complexity index is 1060. The highest BCUT2D eigenvalue weighted by atomic mass is 19.1. The van der Waals surface area contributed by atoms with Crippen LogP contribution in [0.4, 0.5) is 4.39 Å².